The lowest BCUT2D eigenvalue weighted by Gasteiger charge is -2.42. The van der Waals surface area contributed by atoms with Gasteiger partial charge in [0.1, 0.15) is 5.60 Å². The van der Waals surface area contributed by atoms with Crippen LogP contribution in [0.2, 0.25) is 0 Å². The first-order chi connectivity index (χ1) is 8.27. The van der Waals surface area contributed by atoms with Gasteiger partial charge in [0.25, 0.3) is 0 Å². The van der Waals surface area contributed by atoms with Gasteiger partial charge in [0, 0.05) is 12.0 Å². The highest BCUT2D eigenvalue weighted by Crippen LogP contribution is 2.41. The van der Waals surface area contributed by atoms with Crippen LogP contribution in [-0.4, -0.2) is 24.8 Å². The fourth-order valence-electron chi connectivity index (χ4n) is 2.20. The first kappa shape index (κ1) is 15.2. The predicted octanol–water partition coefficient (Wildman–Crippen LogP) is 2.21. The molecule has 0 saturated heterocycles. The average Bonchev–Trinajstić information content (AvgIpc) is 2.09. The van der Waals surface area contributed by atoms with E-state index in [0.29, 0.717) is 19.1 Å². The molecule has 0 bridgehead atoms. The highest BCUT2D eigenvalue weighted by molar-refractivity contribution is 5.67. The van der Waals surface area contributed by atoms with E-state index in [0.717, 1.165) is 0 Å². The maximum atomic E-state index is 11.6. The normalized spacial score (nSPS) is 19.8. The van der Waals surface area contributed by atoms with Crippen LogP contribution in [-0.2, 0) is 9.57 Å². The highest BCUT2D eigenvalue weighted by Gasteiger charge is 2.38. The topological polar surface area (TPSA) is 73.6 Å². The number of nitrogens with two attached hydrogens (primary N) is 1. The molecule has 1 unspecified atom stereocenters. The van der Waals surface area contributed by atoms with E-state index in [1.165, 1.54) is 19.3 Å². The van der Waals surface area contributed by atoms with Gasteiger partial charge in [-0.05, 0) is 39.5 Å². The van der Waals surface area contributed by atoms with E-state index in [9.17, 15) is 4.79 Å². The first-order valence-corrected chi connectivity index (χ1v) is 6.55. The monoisotopic (exact) mass is 258 g/mol. The van der Waals surface area contributed by atoms with Gasteiger partial charge in [-0.25, -0.2) is 10.7 Å². The molecule has 5 nitrogen and oxygen atoms in total. The Labute approximate surface area is 109 Å². The summed E-state index contributed by atoms with van der Waals surface area (Å²) in [6.07, 6.45) is 3.22. The number of alkyl carbamates (subject to hydrolysis) is 1. The summed E-state index contributed by atoms with van der Waals surface area (Å²) < 4.78 is 5.22. The van der Waals surface area contributed by atoms with Crippen LogP contribution in [0.3, 0.4) is 0 Å². The van der Waals surface area contributed by atoms with Crippen LogP contribution in [0.5, 0.6) is 0 Å². The Morgan fingerprint density at radius 1 is 1.33 bits per heavy atom. The Hall–Kier alpha value is -0.810. The van der Waals surface area contributed by atoms with Crippen molar-refractivity contribution >= 4 is 6.09 Å². The number of amides is 1. The van der Waals surface area contributed by atoms with Gasteiger partial charge in [0.15, 0.2) is 0 Å². The molecule has 5 heteroatoms. The van der Waals surface area contributed by atoms with Gasteiger partial charge >= 0.3 is 6.09 Å². The highest BCUT2D eigenvalue weighted by atomic mass is 16.6. The molecule has 1 saturated carbocycles. The lowest BCUT2D eigenvalue weighted by Crippen LogP contribution is -2.47. The number of hydrogen-bond acceptors (Lipinski definition) is 4. The third-order valence-corrected chi connectivity index (χ3v) is 3.54. The summed E-state index contributed by atoms with van der Waals surface area (Å²) in [4.78, 5) is 16.4. The predicted molar refractivity (Wildman–Crippen MR) is 69.8 cm³/mol. The molecule has 1 atom stereocenters. The molecule has 0 aliphatic heterocycles. The van der Waals surface area contributed by atoms with E-state index in [4.69, 9.17) is 15.5 Å². The third kappa shape index (κ3) is 4.46. The molecule has 18 heavy (non-hydrogen) atoms. The molecule has 106 valence electrons. The van der Waals surface area contributed by atoms with Gasteiger partial charge in [0.2, 0.25) is 0 Å². The average molecular weight is 258 g/mol. The Morgan fingerprint density at radius 2 is 1.94 bits per heavy atom. The minimum absolute atomic E-state index is 0.107. The van der Waals surface area contributed by atoms with Gasteiger partial charge in [0.05, 0.1) is 6.61 Å². The lowest BCUT2D eigenvalue weighted by molar-refractivity contribution is -0.0125. The number of hydrogen-bond donors (Lipinski definition) is 2. The molecule has 0 aromatic heterocycles. The number of rotatable bonds is 5. The summed E-state index contributed by atoms with van der Waals surface area (Å²) in [6, 6.07) is 0. The van der Waals surface area contributed by atoms with Gasteiger partial charge < -0.3 is 14.9 Å². The van der Waals surface area contributed by atoms with Crippen molar-refractivity contribution in [2.45, 2.75) is 52.6 Å². The van der Waals surface area contributed by atoms with Gasteiger partial charge in [-0.15, -0.1) is 0 Å². The molecule has 0 aromatic rings. The van der Waals surface area contributed by atoms with Crippen molar-refractivity contribution in [3.63, 3.8) is 0 Å². The molecule has 3 N–H and O–H groups in total. The van der Waals surface area contributed by atoms with Gasteiger partial charge in [-0.2, -0.15) is 0 Å². The smallest absolute Gasteiger partial charge is 0.407 e. The number of nitrogens with one attached hydrogen (secondary N) is 1. The van der Waals surface area contributed by atoms with Crippen molar-refractivity contribution in [1.29, 1.82) is 0 Å². The Bertz CT molecular complexity index is 284. The van der Waals surface area contributed by atoms with Crippen LogP contribution in [0.1, 0.15) is 47.0 Å². The van der Waals surface area contributed by atoms with Gasteiger partial charge in [-0.3, -0.25) is 0 Å². The first-order valence-electron chi connectivity index (χ1n) is 6.55. The number of carbonyl (C=O) groups is 1. The van der Waals surface area contributed by atoms with Crippen molar-refractivity contribution in [1.82, 2.24) is 5.32 Å². The Balaban J connectivity index is 2.44. The fourth-order valence-corrected chi connectivity index (χ4v) is 2.20. The molecule has 0 heterocycles. The van der Waals surface area contributed by atoms with Gasteiger partial charge in [-0.1, -0.05) is 13.3 Å². The van der Waals surface area contributed by atoms with Crippen molar-refractivity contribution < 1.29 is 14.4 Å². The zero-order valence-electron chi connectivity index (χ0n) is 11.9. The fraction of sp³-hybridized carbons (Fsp3) is 0.923. The van der Waals surface area contributed by atoms with Crippen LogP contribution in [0.4, 0.5) is 4.79 Å². The van der Waals surface area contributed by atoms with Crippen LogP contribution < -0.4 is 11.2 Å². The standard InChI is InChI=1S/C13H26N2O3/c1-12(2,3)18-11(16)15-8-13(4,9-17-14)10-6-5-7-10/h10H,5-9,14H2,1-4H3,(H,15,16). The van der Waals surface area contributed by atoms with E-state index < -0.39 is 5.60 Å². The van der Waals surface area contributed by atoms with E-state index >= 15 is 0 Å². The minimum atomic E-state index is -0.471. The maximum Gasteiger partial charge on any atom is 0.407 e. The van der Waals surface area contributed by atoms with E-state index in [1.54, 1.807) is 0 Å². The summed E-state index contributed by atoms with van der Waals surface area (Å²) in [6.45, 7) is 8.63. The maximum absolute atomic E-state index is 11.6. The van der Waals surface area contributed by atoms with E-state index in [-0.39, 0.29) is 11.5 Å². The second kappa shape index (κ2) is 5.89. The summed E-state index contributed by atoms with van der Waals surface area (Å²) in [5, 5.41) is 2.82. The summed E-state index contributed by atoms with van der Waals surface area (Å²) in [5.74, 6) is 5.76. The second-order valence-corrected chi connectivity index (χ2v) is 6.45. The van der Waals surface area contributed by atoms with Crippen molar-refractivity contribution in [3.05, 3.63) is 0 Å². The molecule has 1 aliphatic carbocycles. The largest absolute Gasteiger partial charge is 0.444 e. The summed E-state index contributed by atoms with van der Waals surface area (Å²) >= 11 is 0. The Kier molecular flexibility index (Phi) is 4.99. The quantitative estimate of drug-likeness (QED) is 0.741. The molecule has 1 amide bonds. The van der Waals surface area contributed by atoms with E-state index in [1.807, 2.05) is 20.8 Å². The zero-order chi connectivity index (χ0) is 13.8. The molecule has 0 spiro atoms. The molecule has 1 aliphatic rings. The molecule has 1 fully saturated rings. The minimum Gasteiger partial charge on any atom is -0.444 e. The third-order valence-electron chi connectivity index (χ3n) is 3.54. The van der Waals surface area contributed by atoms with Crippen molar-refractivity contribution in [3.8, 4) is 0 Å². The molecular weight excluding hydrogens is 232 g/mol. The van der Waals surface area contributed by atoms with Crippen molar-refractivity contribution in [2.24, 2.45) is 17.2 Å². The molecule has 0 radical (unpaired) electrons. The summed E-state index contributed by atoms with van der Waals surface area (Å²) in [7, 11) is 0. The zero-order valence-corrected chi connectivity index (χ0v) is 11.9. The molecule has 0 aromatic carbocycles. The summed E-state index contributed by atoms with van der Waals surface area (Å²) in [5.41, 5.74) is -0.578. The van der Waals surface area contributed by atoms with Crippen molar-refractivity contribution in [2.75, 3.05) is 13.2 Å². The van der Waals surface area contributed by atoms with Crippen LogP contribution in [0.15, 0.2) is 0 Å². The van der Waals surface area contributed by atoms with E-state index in [2.05, 4.69) is 12.2 Å². The number of carbonyl (C=O) groups excluding carboxylic acids is 1. The molecular formula is C13H26N2O3. The molecule has 1 rings (SSSR count). The lowest BCUT2D eigenvalue weighted by atomic mass is 9.66. The van der Waals surface area contributed by atoms with Crippen LogP contribution >= 0.6 is 0 Å². The number of ether oxygens (including phenoxy) is 1. The SMILES string of the molecule is CC(C)(C)OC(=O)NCC(C)(CON)C1CCC1. The van der Waals surface area contributed by atoms with Crippen LogP contribution in [0.25, 0.3) is 0 Å². The Morgan fingerprint density at radius 3 is 2.33 bits per heavy atom. The second-order valence-electron chi connectivity index (χ2n) is 6.45. The van der Waals surface area contributed by atoms with Crippen LogP contribution in [0, 0.1) is 11.3 Å².